The lowest BCUT2D eigenvalue weighted by molar-refractivity contribution is 1.19. The van der Waals surface area contributed by atoms with Crippen LogP contribution in [-0.2, 0) is 0 Å². The van der Waals surface area contributed by atoms with Gasteiger partial charge in [-0.3, -0.25) is 0 Å². The molecule has 0 unspecified atom stereocenters. The van der Waals surface area contributed by atoms with Gasteiger partial charge in [0.15, 0.2) is 0 Å². The molecule has 0 heterocycles. The van der Waals surface area contributed by atoms with Crippen LogP contribution in [0.15, 0.2) is 13.4 Å². The first-order valence-corrected chi connectivity index (χ1v) is 9.70. The Morgan fingerprint density at radius 3 is 1.05 bits per heavy atom. The Labute approximate surface area is 159 Å². The zero-order chi connectivity index (χ0) is 16.9. The summed E-state index contributed by atoms with van der Waals surface area (Å²) in [6, 6.07) is 0. The molecule has 0 bridgehead atoms. The molecule has 0 spiro atoms. The van der Waals surface area contributed by atoms with Gasteiger partial charge in [0.05, 0.1) is 0 Å². The van der Waals surface area contributed by atoms with Crippen molar-refractivity contribution < 1.29 is 0 Å². The van der Waals surface area contributed by atoms with Crippen molar-refractivity contribution in [2.24, 2.45) is 0 Å². The van der Waals surface area contributed by atoms with E-state index in [0.29, 0.717) is 0 Å². The Hall–Kier alpha value is -0.120. The van der Waals surface area contributed by atoms with E-state index in [0.717, 1.165) is 0 Å². The highest BCUT2D eigenvalue weighted by Gasteiger charge is 2.22. The minimum absolute atomic E-state index is 1.17. The Bertz CT molecular complexity index is 661. The van der Waals surface area contributed by atoms with Gasteiger partial charge in [-0.15, -0.1) is 0 Å². The first-order chi connectivity index (χ1) is 10.1. The SMILES string of the molecule is Cc1c(C)c(C)c(-c2c(Br)c(C)c(C)c(C)c2Br)c(Br)c1C. The van der Waals surface area contributed by atoms with Crippen molar-refractivity contribution in [2.75, 3.05) is 0 Å². The molecule has 0 aliphatic rings. The van der Waals surface area contributed by atoms with Crippen LogP contribution in [0.2, 0.25) is 0 Å². The molecule has 2 aromatic rings. The first-order valence-electron chi connectivity index (χ1n) is 7.32. The standard InChI is InChI=1S/C19H21Br3/c1-8-9(2)12(5)17(20)15(11(8)4)16-18(21)13(6)10(3)14(7)19(16)22/h1-7H3. The lowest BCUT2D eigenvalue weighted by atomic mass is 9.88. The average molecular weight is 489 g/mol. The van der Waals surface area contributed by atoms with Crippen LogP contribution in [0.25, 0.3) is 11.1 Å². The summed E-state index contributed by atoms with van der Waals surface area (Å²) in [5.74, 6) is 0. The lowest BCUT2D eigenvalue weighted by Crippen LogP contribution is -2.01. The van der Waals surface area contributed by atoms with Crippen LogP contribution in [-0.4, -0.2) is 0 Å². The fourth-order valence-corrected chi connectivity index (χ4v) is 5.31. The van der Waals surface area contributed by atoms with Crippen LogP contribution < -0.4 is 0 Å². The van der Waals surface area contributed by atoms with Gasteiger partial charge in [-0.05, 0) is 135 Å². The average Bonchev–Trinajstić information content (AvgIpc) is 2.50. The number of rotatable bonds is 1. The third kappa shape index (κ3) is 2.63. The Kier molecular flexibility index (Phi) is 5.31. The molecule has 3 heteroatoms. The molecular weight excluding hydrogens is 468 g/mol. The summed E-state index contributed by atoms with van der Waals surface area (Å²) in [5.41, 5.74) is 11.8. The second kappa shape index (κ2) is 6.41. The van der Waals surface area contributed by atoms with Crippen LogP contribution in [0.4, 0.5) is 0 Å². The zero-order valence-corrected chi connectivity index (χ0v) is 18.9. The van der Waals surface area contributed by atoms with Crippen molar-refractivity contribution in [3.05, 3.63) is 52.4 Å². The molecule has 0 aliphatic heterocycles. The van der Waals surface area contributed by atoms with E-state index in [1.54, 1.807) is 0 Å². The minimum Gasteiger partial charge on any atom is -0.0498 e. The Morgan fingerprint density at radius 1 is 0.364 bits per heavy atom. The molecular formula is C19H21Br3. The molecule has 0 amide bonds. The van der Waals surface area contributed by atoms with Gasteiger partial charge in [-0.2, -0.15) is 0 Å². The minimum atomic E-state index is 1.17. The quantitative estimate of drug-likeness (QED) is 0.384. The summed E-state index contributed by atoms with van der Waals surface area (Å²) >= 11 is 11.5. The van der Waals surface area contributed by atoms with Crippen LogP contribution in [0.3, 0.4) is 0 Å². The number of benzene rings is 2. The van der Waals surface area contributed by atoms with Gasteiger partial charge in [0.2, 0.25) is 0 Å². The van der Waals surface area contributed by atoms with Crippen LogP contribution in [0, 0.1) is 48.5 Å². The van der Waals surface area contributed by atoms with Crippen LogP contribution >= 0.6 is 47.8 Å². The molecule has 0 saturated carbocycles. The van der Waals surface area contributed by atoms with E-state index >= 15 is 0 Å². The predicted molar refractivity (Wildman–Crippen MR) is 108 cm³/mol. The smallest absolute Gasteiger partial charge is 0.0297 e. The van der Waals surface area contributed by atoms with Crippen molar-refractivity contribution >= 4 is 47.8 Å². The van der Waals surface area contributed by atoms with E-state index in [2.05, 4.69) is 96.3 Å². The topological polar surface area (TPSA) is 0 Å². The lowest BCUT2D eigenvalue weighted by Gasteiger charge is -2.22. The molecule has 0 radical (unpaired) electrons. The van der Waals surface area contributed by atoms with Gasteiger partial charge in [0.1, 0.15) is 0 Å². The number of hydrogen-bond acceptors (Lipinski definition) is 0. The fourth-order valence-electron chi connectivity index (χ4n) is 2.87. The van der Waals surface area contributed by atoms with Gasteiger partial charge in [-0.25, -0.2) is 0 Å². The maximum Gasteiger partial charge on any atom is 0.0297 e. The molecule has 0 atom stereocenters. The van der Waals surface area contributed by atoms with Crippen molar-refractivity contribution in [2.45, 2.75) is 48.5 Å². The predicted octanol–water partition coefficient (Wildman–Crippen LogP) is 7.80. The van der Waals surface area contributed by atoms with Crippen molar-refractivity contribution in [3.8, 4) is 11.1 Å². The fraction of sp³-hybridized carbons (Fsp3) is 0.368. The van der Waals surface area contributed by atoms with E-state index in [9.17, 15) is 0 Å². The highest BCUT2D eigenvalue weighted by atomic mass is 79.9. The van der Waals surface area contributed by atoms with E-state index in [1.165, 1.54) is 63.5 Å². The van der Waals surface area contributed by atoms with E-state index in [4.69, 9.17) is 0 Å². The molecule has 0 nitrogen and oxygen atoms in total. The molecule has 0 aliphatic carbocycles. The highest BCUT2D eigenvalue weighted by Crippen LogP contribution is 2.47. The highest BCUT2D eigenvalue weighted by molar-refractivity contribution is 9.11. The summed E-state index contributed by atoms with van der Waals surface area (Å²) in [6.07, 6.45) is 0. The van der Waals surface area contributed by atoms with Crippen molar-refractivity contribution in [1.29, 1.82) is 0 Å². The Morgan fingerprint density at radius 2 is 0.636 bits per heavy atom. The van der Waals surface area contributed by atoms with E-state index < -0.39 is 0 Å². The van der Waals surface area contributed by atoms with Gasteiger partial charge in [0.25, 0.3) is 0 Å². The summed E-state index contributed by atoms with van der Waals surface area (Å²) in [6.45, 7) is 15.3. The molecule has 0 fully saturated rings. The molecule has 118 valence electrons. The van der Waals surface area contributed by atoms with E-state index in [1.807, 2.05) is 0 Å². The number of hydrogen-bond donors (Lipinski definition) is 0. The first kappa shape index (κ1) is 18.2. The number of halogens is 3. The molecule has 2 rings (SSSR count). The Balaban J connectivity index is 3.03. The normalized spacial score (nSPS) is 11.2. The van der Waals surface area contributed by atoms with Crippen LogP contribution in [0.5, 0.6) is 0 Å². The molecule has 0 N–H and O–H groups in total. The van der Waals surface area contributed by atoms with Gasteiger partial charge >= 0.3 is 0 Å². The monoisotopic (exact) mass is 486 g/mol. The van der Waals surface area contributed by atoms with Crippen LogP contribution in [0.1, 0.15) is 38.9 Å². The third-order valence-electron chi connectivity index (χ3n) is 5.08. The summed E-state index contributed by atoms with van der Waals surface area (Å²) in [5, 5.41) is 0. The maximum absolute atomic E-state index is 3.85. The van der Waals surface area contributed by atoms with Gasteiger partial charge in [-0.1, -0.05) is 0 Å². The molecule has 0 aromatic heterocycles. The molecule has 0 saturated heterocycles. The summed E-state index contributed by atoms with van der Waals surface area (Å²) in [7, 11) is 0. The van der Waals surface area contributed by atoms with Crippen molar-refractivity contribution in [3.63, 3.8) is 0 Å². The van der Waals surface area contributed by atoms with Gasteiger partial charge in [0, 0.05) is 24.5 Å². The molecule has 2 aromatic carbocycles. The summed E-state index contributed by atoms with van der Waals surface area (Å²) in [4.78, 5) is 0. The second-order valence-corrected chi connectivity index (χ2v) is 8.45. The maximum atomic E-state index is 3.85. The summed E-state index contributed by atoms with van der Waals surface area (Å²) < 4.78 is 3.54. The second-order valence-electron chi connectivity index (χ2n) is 6.07. The van der Waals surface area contributed by atoms with Crippen molar-refractivity contribution in [1.82, 2.24) is 0 Å². The zero-order valence-electron chi connectivity index (χ0n) is 14.1. The van der Waals surface area contributed by atoms with Gasteiger partial charge < -0.3 is 0 Å². The largest absolute Gasteiger partial charge is 0.0498 e. The molecule has 22 heavy (non-hydrogen) atoms. The van der Waals surface area contributed by atoms with E-state index in [-0.39, 0.29) is 0 Å². The third-order valence-corrected chi connectivity index (χ3v) is 8.06.